The molecule has 2 aromatic rings. The van der Waals surface area contributed by atoms with Crippen molar-refractivity contribution in [2.45, 2.75) is 26.7 Å². The molecule has 0 atom stereocenters. The van der Waals surface area contributed by atoms with Gasteiger partial charge in [0, 0.05) is 18.2 Å². The smallest absolute Gasteiger partial charge is 0.296 e. The number of hydrogen-bond acceptors (Lipinski definition) is 8. The molecule has 0 saturated heterocycles. The van der Waals surface area contributed by atoms with Gasteiger partial charge in [-0.25, -0.2) is 0 Å². The molecule has 2 aromatic carbocycles. The molecule has 2 rings (SSSR count). The second-order valence-electron chi connectivity index (χ2n) is 6.36. The Morgan fingerprint density at radius 1 is 0.903 bits per heavy atom. The van der Waals surface area contributed by atoms with E-state index in [0.717, 1.165) is 6.42 Å². The number of non-ortho nitro benzene ring substituents is 1. The van der Waals surface area contributed by atoms with Crippen molar-refractivity contribution in [3.63, 3.8) is 0 Å². The van der Waals surface area contributed by atoms with Gasteiger partial charge in [0.25, 0.3) is 17.3 Å². The van der Waals surface area contributed by atoms with Crippen LogP contribution in [-0.4, -0.2) is 35.6 Å². The predicted octanol–water partition coefficient (Wildman–Crippen LogP) is 4.10. The molecule has 0 radical (unpaired) electrons. The lowest BCUT2D eigenvalue weighted by molar-refractivity contribution is -0.384. The van der Waals surface area contributed by atoms with E-state index in [0.29, 0.717) is 19.6 Å². The van der Waals surface area contributed by atoms with Gasteiger partial charge in [0.2, 0.25) is 0 Å². The molecular formula is C20H23N3O8. The molecule has 11 heteroatoms. The molecule has 166 valence electrons. The number of anilines is 1. The summed E-state index contributed by atoms with van der Waals surface area (Å²) in [7, 11) is 0. The molecule has 1 amide bonds. The number of rotatable bonds is 12. The second kappa shape index (κ2) is 11.3. The van der Waals surface area contributed by atoms with Crippen LogP contribution in [0.2, 0.25) is 0 Å². The maximum absolute atomic E-state index is 12.3. The minimum Gasteiger partial charge on any atom is -0.490 e. The summed E-state index contributed by atoms with van der Waals surface area (Å²) >= 11 is 0. The first-order chi connectivity index (χ1) is 14.8. The number of amides is 1. The van der Waals surface area contributed by atoms with Crippen molar-refractivity contribution in [2.24, 2.45) is 0 Å². The first kappa shape index (κ1) is 23.4. The Hall–Kier alpha value is -3.89. The minimum absolute atomic E-state index is 0.0581. The maximum Gasteiger partial charge on any atom is 0.296 e. The normalized spacial score (nSPS) is 10.3. The quantitative estimate of drug-likeness (QED) is 0.389. The number of benzene rings is 2. The topological polar surface area (TPSA) is 143 Å². The number of nitro benzene ring substituents is 2. The number of carbonyl (C=O) groups is 1. The molecule has 0 aromatic heterocycles. The van der Waals surface area contributed by atoms with E-state index in [1.54, 1.807) is 0 Å². The van der Waals surface area contributed by atoms with E-state index in [1.807, 2.05) is 13.8 Å². The lowest BCUT2D eigenvalue weighted by atomic mass is 10.2. The van der Waals surface area contributed by atoms with Gasteiger partial charge in [-0.05, 0) is 25.0 Å². The molecular weight excluding hydrogens is 410 g/mol. The summed E-state index contributed by atoms with van der Waals surface area (Å²) in [5, 5.41) is 24.6. The van der Waals surface area contributed by atoms with Crippen LogP contribution in [0.3, 0.4) is 0 Å². The van der Waals surface area contributed by atoms with Crippen LogP contribution in [0.4, 0.5) is 17.1 Å². The van der Waals surface area contributed by atoms with Gasteiger partial charge in [0.15, 0.2) is 18.1 Å². The molecule has 31 heavy (non-hydrogen) atoms. The van der Waals surface area contributed by atoms with Gasteiger partial charge < -0.3 is 19.5 Å². The Bertz CT molecular complexity index is 931. The Labute approximate surface area is 178 Å². The fourth-order valence-electron chi connectivity index (χ4n) is 2.45. The van der Waals surface area contributed by atoms with Crippen molar-refractivity contribution in [3.8, 4) is 17.2 Å². The van der Waals surface area contributed by atoms with Crippen molar-refractivity contribution in [1.29, 1.82) is 0 Å². The van der Waals surface area contributed by atoms with Gasteiger partial charge >= 0.3 is 0 Å². The van der Waals surface area contributed by atoms with Gasteiger partial charge in [-0.3, -0.25) is 25.0 Å². The van der Waals surface area contributed by atoms with E-state index in [2.05, 4.69) is 5.32 Å². The van der Waals surface area contributed by atoms with Crippen LogP contribution in [-0.2, 0) is 4.79 Å². The van der Waals surface area contributed by atoms with Crippen LogP contribution in [0.15, 0.2) is 36.4 Å². The molecule has 0 heterocycles. The van der Waals surface area contributed by atoms with Gasteiger partial charge in [0.1, 0.15) is 11.4 Å². The highest BCUT2D eigenvalue weighted by Gasteiger charge is 2.22. The molecule has 0 aliphatic carbocycles. The van der Waals surface area contributed by atoms with Gasteiger partial charge in [0.05, 0.1) is 29.1 Å². The largest absolute Gasteiger partial charge is 0.490 e. The van der Waals surface area contributed by atoms with Crippen LogP contribution in [0.1, 0.15) is 26.7 Å². The van der Waals surface area contributed by atoms with Crippen LogP contribution in [0, 0.1) is 20.2 Å². The summed E-state index contributed by atoms with van der Waals surface area (Å²) in [6, 6.07) is 7.75. The molecule has 1 N–H and O–H groups in total. The lowest BCUT2D eigenvalue weighted by Crippen LogP contribution is -2.21. The third-order valence-electron chi connectivity index (χ3n) is 3.87. The summed E-state index contributed by atoms with van der Waals surface area (Å²) in [4.78, 5) is 33.3. The molecule has 0 aliphatic rings. The third kappa shape index (κ3) is 6.84. The highest BCUT2D eigenvalue weighted by atomic mass is 16.6. The number of hydrogen-bond donors (Lipinski definition) is 1. The summed E-state index contributed by atoms with van der Waals surface area (Å²) in [5.74, 6) is 0.102. The fraction of sp³-hybridized carbons (Fsp3) is 0.350. The van der Waals surface area contributed by atoms with Gasteiger partial charge in [-0.15, -0.1) is 0 Å². The Balaban J connectivity index is 2.15. The zero-order valence-corrected chi connectivity index (χ0v) is 17.2. The number of nitro groups is 2. The lowest BCUT2D eigenvalue weighted by Gasteiger charge is -2.14. The number of carbonyl (C=O) groups excluding carboxylic acids is 1. The summed E-state index contributed by atoms with van der Waals surface area (Å²) in [6.07, 6.45) is 1.43. The second-order valence-corrected chi connectivity index (χ2v) is 6.36. The predicted molar refractivity (Wildman–Crippen MR) is 112 cm³/mol. The molecule has 0 unspecified atom stereocenters. The SMILES string of the molecule is CCCOc1cc(NC(=O)COc2ccc([N+](=O)[O-])cc2)c([N+](=O)[O-])cc1OCCC. The van der Waals surface area contributed by atoms with Crippen LogP contribution in [0.25, 0.3) is 0 Å². The Kier molecular flexibility index (Phi) is 8.55. The molecule has 0 spiro atoms. The molecule has 0 fully saturated rings. The highest BCUT2D eigenvalue weighted by Crippen LogP contribution is 2.38. The van der Waals surface area contributed by atoms with Crippen molar-refractivity contribution in [3.05, 3.63) is 56.6 Å². The fourth-order valence-corrected chi connectivity index (χ4v) is 2.45. The van der Waals surface area contributed by atoms with Crippen LogP contribution in [0.5, 0.6) is 17.2 Å². The van der Waals surface area contributed by atoms with Crippen molar-refractivity contribution >= 4 is 23.0 Å². The van der Waals surface area contributed by atoms with E-state index in [1.165, 1.54) is 36.4 Å². The van der Waals surface area contributed by atoms with E-state index < -0.39 is 22.4 Å². The molecule has 0 aliphatic heterocycles. The first-order valence-electron chi connectivity index (χ1n) is 9.60. The number of ether oxygens (including phenoxy) is 3. The zero-order valence-electron chi connectivity index (χ0n) is 17.2. The van der Waals surface area contributed by atoms with E-state index >= 15 is 0 Å². The monoisotopic (exact) mass is 433 g/mol. The molecule has 11 nitrogen and oxygen atoms in total. The average Bonchev–Trinajstić information content (AvgIpc) is 2.75. The van der Waals surface area contributed by atoms with Crippen molar-refractivity contribution in [1.82, 2.24) is 0 Å². The highest BCUT2D eigenvalue weighted by molar-refractivity contribution is 5.94. The number of nitrogens with one attached hydrogen (secondary N) is 1. The van der Waals surface area contributed by atoms with Crippen LogP contribution >= 0.6 is 0 Å². The van der Waals surface area contributed by atoms with E-state index in [-0.39, 0.29) is 34.3 Å². The van der Waals surface area contributed by atoms with Gasteiger partial charge in [-0.1, -0.05) is 13.8 Å². The standard InChI is InChI=1S/C20H23N3O8/c1-3-9-29-18-11-16(17(23(27)28)12-19(18)30-10-4-2)21-20(24)13-31-15-7-5-14(6-8-15)22(25)26/h5-8,11-12H,3-4,9-10,13H2,1-2H3,(H,21,24). The zero-order chi connectivity index (χ0) is 22.8. The maximum atomic E-state index is 12.3. The Morgan fingerprint density at radius 3 is 2.00 bits per heavy atom. The Morgan fingerprint density at radius 2 is 1.48 bits per heavy atom. The molecule has 0 saturated carbocycles. The number of nitrogens with zero attached hydrogens (tertiary/aromatic N) is 2. The summed E-state index contributed by atoms with van der Waals surface area (Å²) < 4.78 is 16.5. The van der Waals surface area contributed by atoms with Crippen molar-refractivity contribution < 1.29 is 28.9 Å². The molecule has 0 bridgehead atoms. The van der Waals surface area contributed by atoms with Crippen LogP contribution < -0.4 is 19.5 Å². The minimum atomic E-state index is -0.648. The summed E-state index contributed by atoms with van der Waals surface area (Å²) in [5.41, 5.74) is -0.520. The average molecular weight is 433 g/mol. The van der Waals surface area contributed by atoms with Crippen molar-refractivity contribution in [2.75, 3.05) is 25.1 Å². The van der Waals surface area contributed by atoms with E-state index in [9.17, 15) is 25.0 Å². The first-order valence-corrected chi connectivity index (χ1v) is 9.60. The summed E-state index contributed by atoms with van der Waals surface area (Å²) in [6.45, 7) is 4.09. The third-order valence-corrected chi connectivity index (χ3v) is 3.87. The van der Waals surface area contributed by atoms with E-state index in [4.69, 9.17) is 14.2 Å². The van der Waals surface area contributed by atoms with Gasteiger partial charge in [-0.2, -0.15) is 0 Å².